The van der Waals surface area contributed by atoms with Gasteiger partial charge in [0, 0.05) is 60.2 Å². The molecule has 7 nitrogen and oxygen atoms in total. The first-order valence-corrected chi connectivity index (χ1v) is 11.1. The SMILES string of the molecule is C#C[C@H]1CN(c2ccc(C(=O)Nc3cc(F)c4nn(C)cc4c3)c3nc(C)ccc23)C[C@H](C)N1. The zero-order chi connectivity index (χ0) is 24.0. The van der Waals surface area contributed by atoms with E-state index in [-0.39, 0.29) is 23.5 Å². The molecule has 2 N–H and O–H groups in total. The molecule has 0 spiro atoms. The van der Waals surface area contributed by atoms with E-state index in [1.807, 2.05) is 25.1 Å². The monoisotopic (exact) mass is 456 g/mol. The van der Waals surface area contributed by atoms with Crippen LogP contribution in [0.15, 0.2) is 42.6 Å². The van der Waals surface area contributed by atoms with Crippen molar-refractivity contribution in [3.8, 4) is 12.3 Å². The van der Waals surface area contributed by atoms with Gasteiger partial charge in [-0.25, -0.2) is 4.39 Å². The number of halogens is 1. The Morgan fingerprint density at radius 2 is 2.06 bits per heavy atom. The number of amides is 1. The van der Waals surface area contributed by atoms with Gasteiger partial charge in [-0.15, -0.1) is 6.42 Å². The molecule has 34 heavy (non-hydrogen) atoms. The normalized spacial score (nSPS) is 18.3. The van der Waals surface area contributed by atoms with Gasteiger partial charge in [-0.05, 0) is 50.2 Å². The van der Waals surface area contributed by atoms with Crippen LogP contribution in [-0.4, -0.2) is 45.8 Å². The molecule has 5 rings (SSSR count). The maximum atomic E-state index is 14.5. The van der Waals surface area contributed by atoms with Crippen LogP contribution >= 0.6 is 0 Å². The van der Waals surface area contributed by atoms with Crippen LogP contribution in [0.2, 0.25) is 0 Å². The third kappa shape index (κ3) is 3.95. The number of benzene rings is 2. The van der Waals surface area contributed by atoms with Crippen molar-refractivity contribution in [1.82, 2.24) is 20.1 Å². The van der Waals surface area contributed by atoms with E-state index < -0.39 is 5.82 Å². The highest BCUT2D eigenvalue weighted by molar-refractivity contribution is 6.14. The van der Waals surface area contributed by atoms with Crippen molar-refractivity contribution < 1.29 is 9.18 Å². The molecule has 0 bridgehead atoms. The number of rotatable bonds is 3. The molecule has 4 aromatic rings. The number of piperazine rings is 1. The highest BCUT2D eigenvalue weighted by atomic mass is 19.1. The van der Waals surface area contributed by atoms with Gasteiger partial charge in [0.25, 0.3) is 5.91 Å². The molecule has 1 aliphatic heterocycles. The van der Waals surface area contributed by atoms with Gasteiger partial charge in [0.1, 0.15) is 5.52 Å². The minimum Gasteiger partial charge on any atom is -0.367 e. The van der Waals surface area contributed by atoms with Crippen LogP contribution in [0.25, 0.3) is 21.8 Å². The van der Waals surface area contributed by atoms with Crippen LogP contribution in [0.4, 0.5) is 15.8 Å². The number of aromatic nitrogens is 3. The van der Waals surface area contributed by atoms with Gasteiger partial charge in [0.05, 0.1) is 17.1 Å². The van der Waals surface area contributed by atoms with E-state index in [0.717, 1.165) is 23.3 Å². The second-order valence-corrected chi connectivity index (χ2v) is 8.83. The van der Waals surface area contributed by atoms with E-state index in [0.29, 0.717) is 28.7 Å². The Labute approximate surface area is 197 Å². The third-order valence-corrected chi connectivity index (χ3v) is 6.08. The average Bonchev–Trinajstić information content (AvgIpc) is 3.18. The third-order valence-electron chi connectivity index (χ3n) is 6.08. The molecule has 1 fully saturated rings. The molecule has 1 saturated heterocycles. The predicted molar refractivity (Wildman–Crippen MR) is 133 cm³/mol. The summed E-state index contributed by atoms with van der Waals surface area (Å²) in [7, 11) is 1.73. The highest BCUT2D eigenvalue weighted by Gasteiger charge is 2.25. The van der Waals surface area contributed by atoms with Crippen molar-refractivity contribution >= 4 is 39.1 Å². The molecule has 1 aliphatic rings. The summed E-state index contributed by atoms with van der Waals surface area (Å²) in [5.74, 6) is 1.96. The second-order valence-electron chi connectivity index (χ2n) is 8.83. The molecule has 0 unspecified atom stereocenters. The van der Waals surface area contributed by atoms with E-state index in [9.17, 15) is 9.18 Å². The van der Waals surface area contributed by atoms with E-state index in [1.54, 1.807) is 30.1 Å². The minimum atomic E-state index is -0.488. The number of hydrogen-bond donors (Lipinski definition) is 2. The smallest absolute Gasteiger partial charge is 0.257 e. The zero-order valence-electron chi connectivity index (χ0n) is 19.3. The molecule has 3 heterocycles. The zero-order valence-corrected chi connectivity index (χ0v) is 19.3. The fraction of sp³-hybridized carbons (Fsp3) is 0.269. The van der Waals surface area contributed by atoms with Crippen LogP contribution in [-0.2, 0) is 7.05 Å². The quantitative estimate of drug-likeness (QED) is 0.461. The summed E-state index contributed by atoms with van der Waals surface area (Å²) in [4.78, 5) is 20.2. The van der Waals surface area contributed by atoms with Crippen LogP contribution in [0.5, 0.6) is 0 Å². The Kier molecular flexibility index (Phi) is 5.42. The van der Waals surface area contributed by atoms with Crippen molar-refractivity contribution in [2.75, 3.05) is 23.3 Å². The van der Waals surface area contributed by atoms with Crippen molar-refractivity contribution in [1.29, 1.82) is 0 Å². The van der Waals surface area contributed by atoms with Crippen LogP contribution < -0.4 is 15.5 Å². The molecular formula is C26H25FN6O. The maximum Gasteiger partial charge on any atom is 0.257 e. The van der Waals surface area contributed by atoms with Crippen molar-refractivity contribution in [3.05, 3.63) is 59.7 Å². The van der Waals surface area contributed by atoms with Gasteiger partial charge in [-0.2, -0.15) is 5.10 Å². The van der Waals surface area contributed by atoms with Gasteiger partial charge in [0.2, 0.25) is 0 Å². The molecule has 1 amide bonds. The number of carbonyl (C=O) groups excluding carboxylic acids is 1. The van der Waals surface area contributed by atoms with E-state index in [2.05, 4.69) is 33.5 Å². The number of nitrogens with zero attached hydrogens (tertiary/aromatic N) is 4. The largest absolute Gasteiger partial charge is 0.367 e. The standard InChI is InChI=1S/C26H25FN6O/c1-5-18-14-33(12-16(3)28-18)23-9-8-21(25-20(23)7-6-15(2)29-25)26(34)30-19-10-17-13-32(4)31-24(17)22(27)11-19/h1,6-11,13,16,18,28H,12,14H2,2-4H3,(H,30,34)/t16-,18-/m0/s1. The van der Waals surface area contributed by atoms with Gasteiger partial charge in [-0.3, -0.25) is 19.8 Å². The molecule has 2 atom stereocenters. The molecule has 0 saturated carbocycles. The number of pyridine rings is 1. The Balaban J connectivity index is 1.53. The summed E-state index contributed by atoms with van der Waals surface area (Å²) in [5, 5.41) is 11.8. The topological polar surface area (TPSA) is 75.1 Å². The molecular weight excluding hydrogens is 431 g/mol. The fourth-order valence-electron chi connectivity index (χ4n) is 4.61. The van der Waals surface area contributed by atoms with E-state index in [4.69, 9.17) is 11.4 Å². The van der Waals surface area contributed by atoms with Crippen LogP contribution in [0.1, 0.15) is 23.0 Å². The first-order valence-electron chi connectivity index (χ1n) is 11.1. The summed E-state index contributed by atoms with van der Waals surface area (Å²) in [6.45, 7) is 5.44. The summed E-state index contributed by atoms with van der Waals surface area (Å²) in [6, 6.07) is 10.8. The van der Waals surface area contributed by atoms with Crippen molar-refractivity contribution in [3.63, 3.8) is 0 Å². The Morgan fingerprint density at radius 3 is 2.85 bits per heavy atom. The first kappa shape index (κ1) is 21.9. The lowest BCUT2D eigenvalue weighted by molar-refractivity contribution is 0.102. The number of aryl methyl sites for hydroxylation is 2. The summed E-state index contributed by atoms with van der Waals surface area (Å²) >= 11 is 0. The predicted octanol–water partition coefficient (Wildman–Crippen LogP) is 3.62. The summed E-state index contributed by atoms with van der Waals surface area (Å²) in [6.07, 6.45) is 7.40. The maximum absolute atomic E-state index is 14.5. The first-order chi connectivity index (χ1) is 16.3. The minimum absolute atomic E-state index is 0.0579. The number of fused-ring (bicyclic) bond motifs is 2. The van der Waals surface area contributed by atoms with Crippen LogP contribution in [0.3, 0.4) is 0 Å². The molecule has 0 radical (unpaired) electrons. The van der Waals surface area contributed by atoms with Gasteiger partial charge < -0.3 is 10.2 Å². The molecule has 172 valence electrons. The number of carbonyl (C=O) groups is 1. The van der Waals surface area contributed by atoms with E-state index >= 15 is 0 Å². The van der Waals surface area contributed by atoms with Gasteiger partial charge in [0.15, 0.2) is 5.82 Å². The molecule has 8 heteroatoms. The molecule has 2 aromatic carbocycles. The lowest BCUT2D eigenvalue weighted by atomic mass is 10.0. The van der Waals surface area contributed by atoms with Crippen molar-refractivity contribution in [2.24, 2.45) is 7.05 Å². The summed E-state index contributed by atoms with van der Waals surface area (Å²) < 4.78 is 16.0. The lowest BCUT2D eigenvalue weighted by Crippen LogP contribution is -2.55. The number of terminal acetylenes is 1. The molecule has 2 aromatic heterocycles. The second kappa shape index (κ2) is 8.43. The molecule has 0 aliphatic carbocycles. The van der Waals surface area contributed by atoms with Gasteiger partial charge >= 0.3 is 0 Å². The Bertz CT molecular complexity index is 1470. The Hall–Kier alpha value is -3.96. The summed E-state index contributed by atoms with van der Waals surface area (Å²) in [5.41, 5.74) is 3.43. The number of hydrogen-bond acceptors (Lipinski definition) is 5. The van der Waals surface area contributed by atoms with E-state index in [1.165, 1.54) is 6.07 Å². The lowest BCUT2D eigenvalue weighted by Gasteiger charge is -2.37. The number of anilines is 2. The average molecular weight is 457 g/mol. The Morgan fingerprint density at radius 1 is 1.24 bits per heavy atom. The van der Waals surface area contributed by atoms with Gasteiger partial charge in [-0.1, -0.05) is 5.92 Å². The highest BCUT2D eigenvalue weighted by Crippen LogP contribution is 2.31. The fourth-order valence-corrected chi connectivity index (χ4v) is 4.61. The van der Waals surface area contributed by atoms with Crippen LogP contribution in [0, 0.1) is 25.1 Å². The van der Waals surface area contributed by atoms with Crippen molar-refractivity contribution in [2.45, 2.75) is 25.9 Å². The number of nitrogens with one attached hydrogen (secondary N) is 2.